The van der Waals surface area contributed by atoms with Crippen molar-refractivity contribution in [2.45, 2.75) is 45.8 Å². The Kier molecular flexibility index (Phi) is 4.00. The summed E-state index contributed by atoms with van der Waals surface area (Å²) in [6.45, 7) is 13.8. The zero-order valence-electron chi connectivity index (χ0n) is 16.9. The average Bonchev–Trinajstić information content (AvgIpc) is 2.99. The molecule has 0 aliphatic carbocycles. The van der Waals surface area contributed by atoms with E-state index in [0.717, 1.165) is 27.8 Å². The first-order valence-corrected chi connectivity index (χ1v) is 12.9. The Morgan fingerprint density at radius 1 is 0.963 bits per heavy atom. The molecule has 0 amide bonds. The fourth-order valence-electron chi connectivity index (χ4n) is 3.60. The first kappa shape index (κ1) is 17.9. The van der Waals surface area contributed by atoms with Crippen LogP contribution in [0.25, 0.3) is 33.2 Å². The number of rotatable bonds is 2. The summed E-state index contributed by atoms with van der Waals surface area (Å²) in [6, 6.07) is 10.8. The zero-order valence-corrected chi connectivity index (χ0v) is 17.9. The van der Waals surface area contributed by atoms with Crippen molar-refractivity contribution in [3.05, 3.63) is 54.5 Å². The maximum absolute atomic E-state index is 6.32. The van der Waals surface area contributed by atoms with E-state index in [9.17, 15) is 0 Å². The van der Waals surface area contributed by atoms with Crippen LogP contribution >= 0.6 is 0 Å². The first-order valence-electron chi connectivity index (χ1n) is 9.43. The molecule has 0 radical (unpaired) electrons. The largest absolute Gasteiger partial charge is 0.454 e. The Morgan fingerprint density at radius 2 is 1.74 bits per heavy atom. The molecule has 0 fully saturated rings. The predicted octanol–water partition coefficient (Wildman–Crippen LogP) is 5.89. The maximum Gasteiger partial charge on any atom is 0.153 e. The smallest absolute Gasteiger partial charge is 0.153 e. The van der Waals surface area contributed by atoms with Gasteiger partial charge in [-0.1, -0.05) is 46.5 Å². The molecule has 3 nitrogen and oxygen atoms in total. The van der Waals surface area contributed by atoms with Gasteiger partial charge in [0.2, 0.25) is 0 Å². The highest BCUT2D eigenvalue weighted by atomic mass is 28.3. The zero-order chi connectivity index (χ0) is 19.4. The lowest BCUT2D eigenvalue weighted by Crippen LogP contribution is -2.37. The van der Waals surface area contributed by atoms with Gasteiger partial charge in [-0.25, -0.2) is 0 Å². The number of fused-ring (bicyclic) bond motifs is 3. The van der Waals surface area contributed by atoms with E-state index < -0.39 is 8.07 Å². The molecular formula is C23H26N2OSi. The first-order chi connectivity index (χ1) is 12.7. The third-order valence-electron chi connectivity index (χ3n) is 5.13. The van der Waals surface area contributed by atoms with E-state index in [1.807, 2.05) is 18.6 Å². The van der Waals surface area contributed by atoms with E-state index in [1.54, 1.807) is 0 Å². The van der Waals surface area contributed by atoms with Crippen LogP contribution in [0.4, 0.5) is 0 Å². The number of pyridine rings is 2. The van der Waals surface area contributed by atoms with Crippen molar-refractivity contribution in [2.75, 3.05) is 0 Å². The quantitative estimate of drug-likeness (QED) is 0.411. The summed E-state index contributed by atoms with van der Waals surface area (Å²) < 4.78 is 6.32. The molecule has 0 aliphatic rings. The topological polar surface area (TPSA) is 38.9 Å². The fourth-order valence-corrected chi connectivity index (χ4v) is 5.19. The van der Waals surface area contributed by atoms with Gasteiger partial charge >= 0.3 is 0 Å². The van der Waals surface area contributed by atoms with Gasteiger partial charge in [0.1, 0.15) is 5.58 Å². The summed E-state index contributed by atoms with van der Waals surface area (Å²) >= 11 is 0. The van der Waals surface area contributed by atoms with Crippen LogP contribution in [0.5, 0.6) is 0 Å². The molecule has 4 heteroatoms. The summed E-state index contributed by atoms with van der Waals surface area (Å²) in [6.07, 6.45) is 5.56. The standard InChI is InChI=1S/C23H26N2OSi/c1-23(2,3)15-9-12-25-18(13-15)16-7-8-20(27(4,5)6)21-17-10-11-24-14-19(17)26-22(16)21/h7-14H,1-6H3. The molecule has 27 heavy (non-hydrogen) atoms. The molecule has 0 spiro atoms. The lowest BCUT2D eigenvalue weighted by atomic mass is 9.87. The van der Waals surface area contributed by atoms with Crippen molar-refractivity contribution in [3.8, 4) is 11.3 Å². The number of aromatic nitrogens is 2. The van der Waals surface area contributed by atoms with E-state index >= 15 is 0 Å². The molecule has 4 aromatic rings. The summed E-state index contributed by atoms with van der Waals surface area (Å²) in [5, 5.41) is 3.79. The summed E-state index contributed by atoms with van der Waals surface area (Å²) in [5.74, 6) is 0. The minimum atomic E-state index is -1.54. The SMILES string of the molecule is CC(C)(C)c1ccnc(-c2ccc([Si](C)(C)C)c3c2oc2cnccc23)c1. The van der Waals surface area contributed by atoms with Crippen molar-refractivity contribution in [3.63, 3.8) is 0 Å². The number of hydrogen-bond donors (Lipinski definition) is 0. The molecule has 4 rings (SSSR count). The number of hydrogen-bond acceptors (Lipinski definition) is 3. The third-order valence-corrected chi connectivity index (χ3v) is 7.17. The van der Waals surface area contributed by atoms with Gasteiger partial charge in [-0.05, 0) is 40.4 Å². The minimum Gasteiger partial charge on any atom is -0.454 e. The van der Waals surface area contributed by atoms with E-state index in [2.05, 4.69) is 80.7 Å². The Hall–Kier alpha value is -2.46. The van der Waals surface area contributed by atoms with Crippen molar-refractivity contribution >= 4 is 35.2 Å². The predicted molar refractivity (Wildman–Crippen MR) is 116 cm³/mol. The maximum atomic E-state index is 6.32. The van der Waals surface area contributed by atoms with Gasteiger partial charge in [-0.3, -0.25) is 9.97 Å². The van der Waals surface area contributed by atoms with Crippen LogP contribution in [0.15, 0.2) is 53.3 Å². The molecular weight excluding hydrogens is 348 g/mol. The highest BCUT2D eigenvalue weighted by molar-refractivity contribution is 6.90. The van der Waals surface area contributed by atoms with Crippen LogP contribution in [0, 0.1) is 0 Å². The second-order valence-electron chi connectivity index (χ2n) is 9.27. The van der Waals surface area contributed by atoms with Gasteiger partial charge in [-0.2, -0.15) is 0 Å². The van der Waals surface area contributed by atoms with Gasteiger partial charge in [0, 0.05) is 28.7 Å². The molecule has 0 unspecified atom stereocenters. The van der Waals surface area contributed by atoms with E-state index in [0.29, 0.717) is 0 Å². The van der Waals surface area contributed by atoms with Gasteiger partial charge in [0.25, 0.3) is 0 Å². The molecule has 1 aromatic carbocycles. The molecule has 0 saturated heterocycles. The second-order valence-corrected chi connectivity index (χ2v) is 14.3. The molecule has 0 bridgehead atoms. The minimum absolute atomic E-state index is 0.0763. The Balaban J connectivity index is 2.07. The fraction of sp³-hybridized carbons (Fsp3) is 0.304. The van der Waals surface area contributed by atoms with Crippen molar-refractivity contribution in [1.29, 1.82) is 0 Å². The lowest BCUT2D eigenvalue weighted by Gasteiger charge is -2.20. The summed E-state index contributed by atoms with van der Waals surface area (Å²) in [4.78, 5) is 8.92. The molecule has 3 heterocycles. The van der Waals surface area contributed by atoms with Crippen molar-refractivity contribution < 1.29 is 4.42 Å². The second kappa shape index (κ2) is 6.03. The van der Waals surface area contributed by atoms with Crippen LogP contribution < -0.4 is 5.19 Å². The lowest BCUT2D eigenvalue weighted by molar-refractivity contribution is 0.589. The van der Waals surface area contributed by atoms with E-state index in [4.69, 9.17) is 4.42 Å². The van der Waals surface area contributed by atoms with Crippen molar-refractivity contribution in [1.82, 2.24) is 9.97 Å². The molecule has 0 aliphatic heterocycles. The molecule has 3 aromatic heterocycles. The number of furan rings is 1. The van der Waals surface area contributed by atoms with Gasteiger partial charge in [-0.15, -0.1) is 0 Å². The summed E-state index contributed by atoms with van der Waals surface area (Å²) in [5.41, 5.74) is 5.12. The molecule has 0 saturated carbocycles. The number of benzene rings is 1. The van der Waals surface area contributed by atoms with Crippen LogP contribution in [-0.4, -0.2) is 18.0 Å². The van der Waals surface area contributed by atoms with Crippen LogP contribution in [0.3, 0.4) is 0 Å². The Morgan fingerprint density at radius 3 is 2.44 bits per heavy atom. The third kappa shape index (κ3) is 3.08. The molecule has 138 valence electrons. The van der Waals surface area contributed by atoms with Crippen LogP contribution in [0.2, 0.25) is 19.6 Å². The Labute approximate surface area is 161 Å². The van der Waals surface area contributed by atoms with Crippen LogP contribution in [0.1, 0.15) is 26.3 Å². The van der Waals surface area contributed by atoms with Gasteiger partial charge in [0.15, 0.2) is 5.58 Å². The number of nitrogens with zero attached hydrogens (tertiary/aromatic N) is 2. The average molecular weight is 375 g/mol. The van der Waals surface area contributed by atoms with Gasteiger partial charge < -0.3 is 4.42 Å². The highest BCUT2D eigenvalue weighted by Crippen LogP contribution is 2.36. The van der Waals surface area contributed by atoms with Crippen LogP contribution in [-0.2, 0) is 5.41 Å². The van der Waals surface area contributed by atoms with Crippen molar-refractivity contribution in [2.24, 2.45) is 0 Å². The summed E-state index contributed by atoms with van der Waals surface area (Å²) in [7, 11) is -1.54. The van der Waals surface area contributed by atoms with E-state index in [-0.39, 0.29) is 5.41 Å². The Bertz CT molecular complexity index is 1150. The van der Waals surface area contributed by atoms with Gasteiger partial charge in [0.05, 0.1) is 20.0 Å². The highest BCUT2D eigenvalue weighted by Gasteiger charge is 2.25. The van der Waals surface area contributed by atoms with E-state index in [1.165, 1.54) is 16.1 Å². The molecule has 0 N–H and O–H groups in total. The monoisotopic (exact) mass is 374 g/mol. The molecule has 0 atom stereocenters. The normalized spacial score (nSPS) is 12.8.